The van der Waals surface area contributed by atoms with Gasteiger partial charge in [0.25, 0.3) is 5.89 Å². The molecule has 0 aliphatic carbocycles. The summed E-state index contributed by atoms with van der Waals surface area (Å²) >= 11 is 0. The maximum atomic E-state index is 12.5. The first kappa shape index (κ1) is 18.6. The van der Waals surface area contributed by atoms with E-state index in [4.69, 9.17) is 4.52 Å². The predicted octanol–water partition coefficient (Wildman–Crippen LogP) is 4.16. The highest BCUT2D eigenvalue weighted by atomic mass is 16.5. The number of nitrogens with zero attached hydrogens (tertiary/aromatic N) is 4. The number of nitrogens with one attached hydrogen (secondary N) is 1. The molecule has 0 spiro atoms. The number of hydrogen-bond acceptors (Lipinski definition) is 5. The molecule has 146 valence electrons. The Balaban J connectivity index is 1.49. The Hall–Kier alpha value is -3.74. The largest absolute Gasteiger partial charge is 0.334 e. The first-order valence-electron chi connectivity index (χ1n) is 9.30. The minimum atomic E-state index is -0.126. The number of imidazole rings is 1. The standard InChI is InChI=1S/C22H21N5O2/c1-14-9-10-18(11-15(14)2)24-20(28)13-27-12-19(23-16(27)3)21-25-22(29-26-21)17-7-5-4-6-8-17/h4-12H,13H2,1-3H3,(H,24,28). The topological polar surface area (TPSA) is 85.8 Å². The number of rotatable bonds is 5. The predicted molar refractivity (Wildman–Crippen MR) is 110 cm³/mol. The van der Waals surface area contributed by atoms with Crippen molar-refractivity contribution >= 4 is 11.6 Å². The summed E-state index contributed by atoms with van der Waals surface area (Å²) in [5, 5.41) is 6.94. The fraction of sp³-hybridized carbons (Fsp3) is 0.182. The highest BCUT2D eigenvalue weighted by molar-refractivity contribution is 5.90. The van der Waals surface area contributed by atoms with Gasteiger partial charge in [0, 0.05) is 17.4 Å². The van der Waals surface area contributed by atoms with Gasteiger partial charge in [0.05, 0.1) is 0 Å². The molecule has 29 heavy (non-hydrogen) atoms. The minimum Gasteiger partial charge on any atom is -0.334 e. The lowest BCUT2D eigenvalue weighted by Gasteiger charge is -2.09. The number of carbonyl (C=O) groups excluding carboxylic acids is 1. The lowest BCUT2D eigenvalue weighted by molar-refractivity contribution is -0.116. The Morgan fingerprint density at radius 3 is 2.59 bits per heavy atom. The van der Waals surface area contributed by atoms with Gasteiger partial charge < -0.3 is 14.4 Å². The summed E-state index contributed by atoms with van der Waals surface area (Å²) in [4.78, 5) is 21.3. The third-order valence-electron chi connectivity index (χ3n) is 4.76. The summed E-state index contributed by atoms with van der Waals surface area (Å²) in [6, 6.07) is 15.4. The molecule has 0 aliphatic rings. The van der Waals surface area contributed by atoms with Crippen molar-refractivity contribution in [3.8, 4) is 23.0 Å². The average Bonchev–Trinajstić information content (AvgIpc) is 3.33. The van der Waals surface area contributed by atoms with Gasteiger partial charge in [-0.1, -0.05) is 29.4 Å². The van der Waals surface area contributed by atoms with E-state index in [1.165, 1.54) is 5.56 Å². The van der Waals surface area contributed by atoms with E-state index in [9.17, 15) is 4.79 Å². The van der Waals surface area contributed by atoms with Crippen LogP contribution in [-0.4, -0.2) is 25.6 Å². The number of aryl methyl sites for hydroxylation is 3. The van der Waals surface area contributed by atoms with E-state index in [1.54, 1.807) is 10.8 Å². The molecule has 2 aromatic carbocycles. The van der Waals surface area contributed by atoms with Crippen molar-refractivity contribution in [3.63, 3.8) is 0 Å². The van der Waals surface area contributed by atoms with Crippen LogP contribution < -0.4 is 5.32 Å². The van der Waals surface area contributed by atoms with Gasteiger partial charge in [-0.15, -0.1) is 0 Å². The summed E-state index contributed by atoms with van der Waals surface area (Å²) in [7, 11) is 0. The summed E-state index contributed by atoms with van der Waals surface area (Å²) in [6.07, 6.45) is 1.76. The van der Waals surface area contributed by atoms with Gasteiger partial charge in [-0.2, -0.15) is 4.98 Å². The van der Waals surface area contributed by atoms with Crippen molar-refractivity contribution in [3.05, 3.63) is 71.7 Å². The molecule has 0 fully saturated rings. The van der Waals surface area contributed by atoms with E-state index in [-0.39, 0.29) is 12.5 Å². The summed E-state index contributed by atoms with van der Waals surface area (Å²) in [5.41, 5.74) is 4.51. The van der Waals surface area contributed by atoms with Gasteiger partial charge in [-0.3, -0.25) is 4.79 Å². The Bertz CT molecular complexity index is 1160. The van der Waals surface area contributed by atoms with Crippen LogP contribution in [0.3, 0.4) is 0 Å². The van der Waals surface area contributed by atoms with Gasteiger partial charge in [0.15, 0.2) is 0 Å². The quantitative estimate of drug-likeness (QED) is 0.556. The molecule has 0 saturated carbocycles. The molecule has 0 radical (unpaired) electrons. The average molecular weight is 387 g/mol. The number of benzene rings is 2. The van der Waals surface area contributed by atoms with Crippen LogP contribution >= 0.6 is 0 Å². The van der Waals surface area contributed by atoms with Crippen LogP contribution in [0.5, 0.6) is 0 Å². The zero-order chi connectivity index (χ0) is 20.4. The smallest absolute Gasteiger partial charge is 0.258 e. The first-order chi connectivity index (χ1) is 14.0. The van der Waals surface area contributed by atoms with Gasteiger partial charge in [-0.05, 0) is 56.2 Å². The molecule has 0 atom stereocenters. The Kier molecular flexibility index (Phi) is 4.95. The molecule has 4 aromatic rings. The zero-order valence-electron chi connectivity index (χ0n) is 16.5. The van der Waals surface area contributed by atoms with E-state index in [0.29, 0.717) is 23.2 Å². The highest BCUT2D eigenvalue weighted by Gasteiger charge is 2.15. The molecule has 0 unspecified atom stereocenters. The van der Waals surface area contributed by atoms with E-state index in [0.717, 1.165) is 16.8 Å². The Labute approximate surface area is 168 Å². The van der Waals surface area contributed by atoms with Crippen LogP contribution in [0.25, 0.3) is 23.0 Å². The number of amides is 1. The number of aromatic nitrogens is 4. The second-order valence-electron chi connectivity index (χ2n) is 6.94. The molecule has 0 aliphatic heterocycles. The molecule has 7 nitrogen and oxygen atoms in total. The van der Waals surface area contributed by atoms with Gasteiger partial charge in [-0.25, -0.2) is 4.98 Å². The SMILES string of the molecule is Cc1ccc(NC(=O)Cn2cc(-c3noc(-c4ccccc4)n3)nc2C)cc1C. The van der Waals surface area contributed by atoms with Crippen LogP contribution in [-0.2, 0) is 11.3 Å². The van der Waals surface area contributed by atoms with Crippen LogP contribution in [0, 0.1) is 20.8 Å². The van der Waals surface area contributed by atoms with Crippen molar-refractivity contribution in [2.45, 2.75) is 27.3 Å². The first-order valence-corrected chi connectivity index (χ1v) is 9.30. The highest BCUT2D eigenvalue weighted by Crippen LogP contribution is 2.21. The summed E-state index contributed by atoms with van der Waals surface area (Å²) in [5.74, 6) is 1.39. The Morgan fingerprint density at radius 1 is 1.03 bits per heavy atom. The lowest BCUT2D eigenvalue weighted by atomic mass is 10.1. The number of hydrogen-bond donors (Lipinski definition) is 1. The van der Waals surface area contributed by atoms with E-state index in [1.807, 2.05) is 69.3 Å². The molecule has 0 saturated heterocycles. The van der Waals surface area contributed by atoms with Crippen molar-refractivity contribution in [1.82, 2.24) is 19.7 Å². The normalized spacial score (nSPS) is 10.9. The zero-order valence-corrected chi connectivity index (χ0v) is 16.5. The van der Waals surface area contributed by atoms with E-state index in [2.05, 4.69) is 20.4 Å². The molecule has 7 heteroatoms. The summed E-state index contributed by atoms with van der Waals surface area (Å²) in [6.45, 7) is 6.05. The van der Waals surface area contributed by atoms with Crippen LogP contribution in [0.1, 0.15) is 17.0 Å². The molecule has 4 rings (SSSR count). The molecule has 2 heterocycles. The fourth-order valence-electron chi connectivity index (χ4n) is 2.98. The van der Waals surface area contributed by atoms with Crippen LogP contribution in [0.2, 0.25) is 0 Å². The van der Waals surface area contributed by atoms with Crippen molar-refractivity contribution in [2.75, 3.05) is 5.32 Å². The third-order valence-corrected chi connectivity index (χ3v) is 4.76. The molecular weight excluding hydrogens is 366 g/mol. The maximum Gasteiger partial charge on any atom is 0.258 e. The van der Waals surface area contributed by atoms with Crippen molar-refractivity contribution in [2.24, 2.45) is 0 Å². The third kappa shape index (κ3) is 4.08. The van der Waals surface area contributed by atoms with E-state index < -0.39 is 0 Å². The second kappa shape index (κ2) is 7.71. The van der Waals surface area contributed by atoms with Gasteiger partial charge in [0.2, 0.25) is 11.7 Å². The van der Waals surface area contributed by atoms with Crippen LogP contribution in [0.4, 0.5) is 5.69 Å². The summed E-state index contributed by atoms with van der Waals surface area (Å²) < 4.78 is 7.11. The second-order valence-corrected chi connectivity index (χ2v) is 6.94. The maximum absolute atomic E-state index is 12.5. The Morgan fingerprint density at radius 2 is 1.83 bits per heavy atom. The fourth-order valence-corrected chi connectivity index (χ4v) is 2.98. The number of anilines is 1. The molecule has 0 bridgehead atoms. The van der Waals surface area contributed by atoms with E-state index >= 15 is 0 Å². The number of carbonyl (C=O) groups is 1. The molecule has 1 N–H and O–H groups in total. The van der Waals surface area contributed by atoms with Crippen molar-refractivity contribution in [1.29, 1.82) is 0 Å². The minimum absolute atomic E-state index is 0.126. The van der Waals surface area contributed by atoms with Crippen molar-refractivity contribution < 1.29 is 9.32 Å². The van der Waals surface area contributed by atoms with Crippen LogP contribution in [0.15, 0.2) is 59.3 Å². The van der Waals surface area contributed by atoms with Gasteiger partial charge >= 0.3 is 0 Å². The van der Waals surface area contributed by atoms with Gasteiger partial charge in [0.1, 0.15) is 18.1 Å². The lowest BCUT2D eigenvalue weighted by Crippen LogP contribution is -2.19. The molecular formula is C22H21N5O2. The molecule has 1 amide bonds. The monoisotopic (exact) mass is 387 g/mol. The molecule has 2 aromatic heterocycles.